The van der Waals surface area contributed by atoms with E-state index in [0.717, 1.165) is 24.4 Å². The van der Waals surface area contributed by atoms with Crippen LogP contribution < -0.4 is 0 Å². The number of aliphatic hydroxyl groups is 1. The molecular formula is C11H16N4O. The maximum Gasteiger partial charge on any atom is 0.146 e. The van der Waals surface area contributed by atoms with Gasteiger partial charge < -0.3 is 9.67 Å². The van der Waals surface area contributed by atoms with E-state index in [1.807, 2.05) is 27.7 Å². The molecule has 0 unspecified atom stereocenters. The van der Waals surface area contributed by atoms with Crippen molar-refractivity contribution in [1.82, 2.24) is 19.3 Å². The van der Waals surface area contributed by atoms with E-state index in [0.29, 0.717) is 6.54 Å². The lowest BCUT2D eigenvalue weighted by Crippen LogP contribution is -2.08. The van der Waals surface area contributed by atoms with Gasteiger partial charge in [-0.25, -0.2) is 9.67 Å². The normalized spacial score (nSPS) is 10.9. The van der Waals surface area contributed by atoms with Crippen molar-refractivity contribution in [2.45, 2.75) is 33.0 Å². The Labute approximate surface area is 94.4 Å². The summed E-state index contributed by atoms with van der Waals surface area (Å²) >= 11 is 0. The van der Waals surface area contributed by atoms with Gasteiger partial charge in [0.2, 0.25) is 0 Å². The summed E-state index contributed by atoms with van der Waals surface area (Å²) < 4.78 is 3.92. The summed E-state index contributed by atoms with van der Waals surface area (Å²) in [5.41, 5.74) is 0.918. The lowest BCUT2D eigenvalue weighted by molar-refractivity contribution is 0.281. The first-order valence-electron chi connectivity index (χ1n) is 5.45. The number of aliphatic hydroxyl groups excluding tert-OH is 1. The minimum absolute atomic E-state index is 0.0780. The molecule has 2 aromatic heterocycles. The molecule has 0 aliphatic heterocycles. The first kappa shape index (κ1) is 10.9. The number of hydrogen-bond acceptors (Lipinski definition) is 3. The maximum absolute atomic E-state index is 8.97. The Morgan fingerprint density at radius 3 is 3.00 bits per heavy atom. The Hall–Kier alpha value is -1.62. The highest BCUT2D eigenvalue weighted by Gasteiger charge is 2.04. The number of hydrogen-bond donors (Lipinski definition) is 1. The molecule has 5 heteroatoms. The van der Waals surface area contributed by atoms with E-state index < -0.39 is 0 Å². The fourth-order valence-corrected chi connectivity index (χ4v) is 1.65. The van der Waals surface area contributed by atoms with E-state index in [-0.39, 0.29) is 6.61 Å². The Balaban J connectivity index is 2.10. The van der Waals surface area contributed by atoms with Crippen LogP contribution in [0.5, 0.6) is 0 Å². The van der Waals surface area contributed by atoms with Gasteiger partial charge in [-0.2, -0.15) is 5.10 Å². The first-order valence-corrected chi connectivity index (χ1v) is 5.45. The summed E-state index contributed by atoms with van der Waals surface area (Å²) in [6.07, 6.45) is 6.49. The summed E-state index contributed by atoms with van der Waals surface area (Å²) in [5.74, 6) is 0.946. The molecule has 2 heterocycles. The van der Waals surface area contributed by atoms with Crippen LogP contribution in [-0.2, 0) is 19.7 Å². The van der Waals surface area contributed by atoms with E-state index >= 15 is 0 Å². The quantitative estimate of drug-likeness (QED) is 0.818. The summed E-state index contributed by atoms with van der Waals surface area (Å²) in [7, 11) is 0. The molecule has 2 aromatic rings. The second-order valence-corrected chi connectivity index (χ2v) is 3.75. The summed E-state index contributed by atoms with van der Waals surface area (Å²) in [6.45, 7) is 3.78. The Morgan fingerprint density at radius 1 is 1.44 bits per heavy atom. The van der Waals surface area contributed by atoms with Gasteiger partial charge in [-0.3, -0.25) is 0 Å². The predicted molar refractivity (Wildman–Crippen MR) is 59.8 cm³/mol. The van der Waals surface area contributed by atoms with E-state index in [2.05, 4.69) is 17.0 Å². The monoisotopic (exact) mass is 220 g/mol. The van der Waals surface area contributed by atoms with Crippen LogP contribution in [0.2, 0.25) is 0 Å². The molecule has 0 spiro atoms. The van der Waals surface area contributed by atoms with Gasteiger partial charge in [-0.15, -0.1) is 0 Å². The zero-order chi connectivity index (χ0) is 11.4. The second kappa shape index (κ2) is 4.94. The maximum atomic E-state index is 8.97. The number of aryl methyl sites for hydroxylation is 1. The predicted octanol–water partition coefficient (Wildman–Crippen LogP) is 1.03. The van der Waals surface area contributed by atoms with Crippen molar-refractivity contribution in [3.05, 3.63) is 36.2 Å². The molecule has 0 saturated heterocycles. The molecule has 0 atom stereocenters. The van der Waals surface area contributed by atoms with Gasteiger partial charge >= 0.3 is 0 Å². The van der Waals surface area contributed by atoms with Crippen molar-refractivity contribution in [3.63, 3.8) is 0 Å². The topological polar surface area (TPSA) is 55.9 Å². The van der Waals surface area contributed by atoms with E-state index in [1.165, 1.54) is 0 Å². The molecule has 2 rings (SSSR count). The minimum atomic E-state index is 0.0780. The highest BCUT2D eigenvalue weighted by molar-refractivity contribution is 5.09. The van der Waals surface area contributed by atoms with Crippen LogP contribution in [0, 0.1) is 0 Å². The zero-order valence-corrected chi connectivity index (χ0v) is 9.37. The van der Waals surface area contributed by atoms with Gasteiger partial charge in [0.05, 0.1) is 13.2 Å². The van der Waals surface area contributed by atoms with Gasteiger partial charge in [-0.05, 0) is 18.1 Å². The molecule has 0 saturated carbocycles. The van der Waals surface area contributed by atoms with Crippen LogP contribution in [0.4, 0.5) is 0 Å². The molecule has 0 radical (unpaired) electrons. The van der Waals surface area contributed by atoms with Gasteiger partial charge in [0.15, 0.2) is 0 Å². The van der Waals surface area contributed by atoms with Crippen molar-refractivity contribution in [2.75, 3.05) is 0 Å². The fourth-order valence-electron chi connectivity index (χ4n) is 1.65. The molecule has 0 aromatic carbocycles. The molecule has 1 N–H and O–H groups in total. The molecule has 0 fully saturated rings. The van der Waals surface area contributed by atoms with Crippen LogP contribution in [0.3, 0.4) is 0 Å². The first-order chi connectivity index (χ1) is 7.83. The smallest absolute Gasteiger partial charge is 0.146 e. The summed E-state index contributed by atoms with van der Waals surface area (Å²) in [4.78, 5) is 4.23. The molecule has 86 valence electrons. The summed E-state index contributed by atoms with van der Waals surface area (Å²) in [5, 5.41) is 13.1. The number of rotatable bonds is 5. The molecule has 16 heavy (non-hydrogen) atoms. The Kier molecular flexibility index (Phi) is 3.36. The molecular weight excluding hydrogens is 204 g/mol. The van der Waals surface area contributed by atoms with Gasteiger partial charge in [0.25, 0.3) is 0 Å². The summed E-state index contributed by atoms with van der Waals surface area (Å²) in [6, 6.07) is 1.90. The molecule has 0 amide bonds. The van der Waals surface area contributed by atoms with Crippen LogP contribution in [-0.4, -0.2) is 24.4 Å². The molecule has 5 nitrogen and oxygen atoms in total. The highest BCUT2D eigenvalue weighted by atomic mass is 16.3. The minimum Gasteiger partial charge on any atom is -0.392 e. The van der Waals surface area contributed by atoms with Crippen LogP contribution in [0.15, 0.2) is 24.8 Å². The molecule has 0 aliphatic carbocycles. The fraction of sp³-hybridized carbons (Fsp3) is 0.455. The third-order valence-corrected chi connectivity index (χ3v) is 2.45. The van der Waals surface area contributed by atoms with Gasteiger partial charge in [0, 0.05) is 18.9 Å². The third kappa shape index (κ3) is 2.30. The average Bonchev–Trinajstić information content (AvgIpc) is 2.90. The highest BCUT2D eigenvalue weighted by Crippen LogP contribution is 2.04. The van der Waals surface area contributed by atoms with Gasteiger partial charge in [0.1, 0.15) is 12.2 Å². The van der Waals surface area contributed by atoms with Crippen LogP contribution in [0.25, 0.3) is 0 Å². The van der Waals surface area contributed by atoms with Crippen LogP contribution in [0.1, 0.15) is 24.7 Å². The van der Waals surface area contributed by atoms with Crippen molar-refractivity contribution in [1.29, 1.82) is 0 Å². The van der Waals surface area contributed by atoms with Gasteiger partial charge in [-0.1, -0.05) is 6.92 Å². The molecule has 0 aliphatic rings. The number of nitrogens with zero attached hydrogens (tertiary/aromatic N) is 4. The van der Waals surface area contributed by atoms with Crippen LogP contribution >= 0.6 is 0 Å². The van der Waals surface area contributed by atoms with E-state index in [4.69, 9.17) is 5.11 Å². The lowest BCUT2D eigenvalue weighted by atomic mass is 10.4. The SMILES string of the molecule is CCCn1ncnc1Cn1ccc(CO)c1. The van der Waals surface area contributed by atoms with Crippen molar-refractivity contribution >= 4 is 0 Å². The van der Waals surface area contributed by atoms with E-state index in [1.54, 1.807) is 6.33 Å². The van der Waals surface area contributed by atoms with E-state index in [9.17, 15) is 0 Å². The number of aromatic nitrogens is 4. The second-order valence-electron chi connectivity index (χ2n) is 3.75. The zero-order valence-electron chi connectivity index (χ0n) is 9.37. The molecule has 0 bridgehead atoms. The largest absolute Gasteiger partial charge is 0.392 e. The lowest BCUT2D eigenvalue weighted by Gasteiger charge is -2.05. The van der Waals surface area contributed by atoms with Crippen molar-refractivity contribution in [2.24, 2.45) is 0 Å². The standard InChI is InChI=1S/C11H16N4O/c1-2-4-15-11(12-9-13-15)7-14-5-3-10(6-14)8-16/h3,5-6,9,16H,2,4,7-8H2,1H3. The average molecular weight is 220 g/mol. The van der Waals surface area contributed by atoms with Crippen molar-refractivity contribution in [3.8, 4) is 0 Å². The third-order valence-electron chi connectivity index (χ3n) is 2.45. The Morgan fingerprint density at radius 2 is 2.31 bits per heavy atom. The van der Waals surface area contributed by atoms with Crippen molar-refractivity contribution < 1.29 is 5.11 Å². The Bertz CT molecular complexity index is 446.